The Kier molecular flexibility index (Phi) is 5.15. The number of aromatic nitrogens is 4. The van der Waals surface area contributed by atoms with Gasteiger partial charge in [-0.25, -0.2) is 14.6 Å². The molecule has 0 radical (unpaired) electrons. The van der Waals surface area contributed by atoms with Crippen LogP contribution in [0.2, 0.25) is 0 Å². The SMILES string of the molecule is CC(C)c1cc(C#Cc2nn([C@H]3CCNC3)c3ncncc23)cc(C(C)C)c1. The first kappa shape index (κ1) is 18.6. The van der Waals surface area contributed by atoms with E-state index in [1.165, 1.54) is 11.1 Å². The van der Waals surface area contributed by atoms with Crippen LogP contribution in [-0.2, 0) is 0 Å². The molecule has 1 atom stereocenters. The Labute approximate surface area is 166 Å². The molecule has 5 nitrogen and oxygen atoms in total. The van der Waals surface area contributed by atoms with Crippen LogP contribution in [0.4, 0.5) is 0 Å². The van der Waals surface area contributed by atoms with Gasteiger partial charge in [0, 0.05) is 18.3 Å². The smallest absolute Gasteiger partial charge is 0.162 e. The first-order chi connectivity index (χ1) is 13.5. The lowest BCUT2D eigenvalue weighted by molar-refractivity contribution is 0.502. The fourth-order valence-electron chi connectivity index (χ4n) is 3.62. The van der Waals surface area contributed by atoms with E-state index in [1.807, 2.05) is 10.9 Å². The highest BCUT2D eigenvalue weighted by atomic mass is 15.3. The first-order valence-electron chi connectivity index (χ1n) is 10.1. The van der Waals surface area contributed by atoms with Gasteiger partial charge in [0.1, 0.15) is 12.0 Å². The Morgan fingerprint density at radius 3 is 2.46 bits per heavy atom. The molecule has 5 heteroatoms. The van der Waals surface area contributed by atoms with Crippen molar-refractivity contribution in [2.45, 2.75) is 52.0 Å². The third-order valence-electron chi connectivity index (χ3n) is 5.39. The summed E-state index contributed by atoms with van der Waals surface area (Å²) in [6.45, 7) is 10.8. The maximum absolute atomic E-state index is 4.80. The van der Waals surface area contributed by atoms with Crippen LogP contribution < -0.4 is 5.32 Å². The first-order valence-corrected chi connectivity index (χ1v) is 10.1. The molecule has 3 heterocycles. The molecule has 3 aromatic rings. The molecule has 28 heavy (non-hydrogen) atoms. The highest BCUT2D eigenvalue weighted by molar-refractivity contribution is 5.80. The second kappa shape index (κ2) is 7.73. The lowest BCUT2D eigenvalue weighted by Gasteiger charge is -2.12. The molecule has 1 aliphatic rings. The fourth-order valence-corrected chi connectivity index (χ4v) is 3.62. The van der Waals surface area contributed by atoms with Gasteiger partial charge >= 0.3 is 0 Å². The molecule has 144 valence electrons. The number of nitrogens with zero attached hydrogens (tertiary/aromatic N) is 4. The van der Waals surface area contributed by atoms with Gasteiger partial charge in [0.15, 0.2) is 5.65 Å². The standard InChI is InChI=1S/C23H27N5/c1-15(2)18-9-17(10-19(11-18)16(3)4)5-6-22-21-13-25-14-26-23(21)28(27-22)20-7-8-24-12-20/h9-11,13-16,20,24H,7-8,12H2,1-4H3/t20-/m0/s1. The van der Waals surface area contributed by atoms with E-state index in [0.29, 0.717) is 17.9 Å². The van der Waals surface area contributed by atoms with Crippen LogP contribution in [-0.4, -0.2) is 32.8 Å². The number of fused-ring (bicyclic) bond motifs is 1. The van der Waals surface area contributed by atoms with Crippen LogP contribution >= 0.6 is 0 Å². The highest BCUT2D eigenvalue weighted by Gasteiger charge is 2.21. The summed E-state index contributed by atoms with van der Waals surface area (Å²) < 4.78 is 2.02. The summed E-state index contributed by atoms with van der Waals surface area (Å²) in [6.07, 6.45) is 4.46. The minimum Gasteiger partial charge on any atom is -0.315 e. The molecule has 0 spiro atoms. The minimum absolute atomic E-state index is 0.324. The molecule has 1 fully saturated rings. The van der Waals surface area contributed by atoms with E-state index in [1.54, 1.807) is 6.33 Å². The summed E-state index contributed by atoms with van der Waals surface area (Å²) in [6, 6.07) is 7.01. The topological polar surface area (TPSA) is 55.6 Å². The molecule has 0 aliphatic carbocycles. The average molecular weight is 374 g/mol. The van der Waals surface area contributed by atoms with Gasteiger partial charge in [-0.15, -0.1) is 0 Å². The molecular weight excluding hydrogens is 346 g/mol. The van der Waals surface area contributed by atoms with Gasteiger partial charge in [0.2, 0.25) is 0 Å². The van der Waals surface area contributed by atoms with Crippen molar-refractivity contribution in [3.05, 3.63) is 53.1 Å². The van der Waals surface area contributed by atoms with Gasteiger partial charge in [-0.1, -0.05) is 39.7 Å². The largest absolute Gasteiger partial charge is 0.315 e. The number of hydrogen-bond acceptors (Lipinski definition) is 4. The van der Waals surface area contributed by atoms with Crippen LogP contribution in [0.5, 0.6) is 0 Å². The van der Waals surface area contributed by atoms with Crippen LogP contribution in [0.1, 0.15) is 74.4 Å². The molecule has 1 aliphatic heterocycles. The minimum atomic E-state index is 0.324. The summed E-state index contributed by atoms with van der Waals surface area (Å²) in [5, 5.41) is 9.12. The normalized spacial score (nSPS) is 16.7. The van der Waals surface area contributed by atoms with E-state index in [-0.39, 0.29) is 0 Å². The van der Waals surface area contributed by atoms with E-state index >= 15 is 0 Å². The molecule has 0 amide bonds. The predicted molar refractivity (Wildman–Crippen MR) is 112 cm³/mol. The predicted octanol–water partition coefficient (Wildman–Crippen LogP) is 4.01. The number of hydrogen-bond donors (Lipinski definition) is 1. The monoisotopic (exact) mass is 373 g/mol. The fraction of sp³-hybridized carbons (Fsp3) is 0.435. The quantitative estimate of drug-likeness (QED) is 0.705. The zero-order chi connectivity index (χ0) is 19.7. The zero-order valence-corrected chi connectivity index (χ0v) is 17.0. The Balaban J connectivity index is 1.77. The Morgan fingerprint density at radius 2 is 1.82 bits per heavy atom. The van der Waals surface area contributed by atoms with Crippen molar-refractivity contribution < 1.29 is 0 Å². The second-order valence-electron chi connectivity index (χ2n) is 8.15. The van der Waals surface area contributed by atoms with Gasteiger partial charge in [-0.3, -0.25) is 0 Å². The maximum Gasteiger partial charge on any atom is 0.162 e. The van der Waals surface area contributed by atoms with Crippen LogP contribution in [0.3, 0.4) is 0 Å². The summed E-state index contributed by atoms with van der Waals surface area (Å²) in [4.78, 5) is 8.67. The lowest BCUT2D eigenvalue weighted by atomic mass is 9.93. The van der Waals surface area contributed by atoms with Crippen molar-refractivity contribution in [1.29, 1.82) is 0 Å². The van der Waals surface area contributed by atoms with Crippen molar-refractivity contribution in [3.8, 4) is 11.8 Å². The molecule has 0 saturated carbocycles. The van der Waals surface area contributed by atoms with E-state index in [4.69, 9.17) is 5.10 Å². The Morgan fingerprint density at radius 1 is 1.07 bits per heavy atom. The summed E-state index contributed by atoms with van der Waals surface area (Å²) in [5.41, 5.74) is 5.31. The van der Waals surface area contributed by atoms with Gasteiger partial charge < -0.3 is 5.32 Å². The van der Waals surface area contributed by atoms with Gasteiger partial charge in [-0.05, 0) is 54.0 Å². The van der Waals surface area contributed by atoms with Gasteiger partial charge in [0.05, 0.1) is 11.4 Å². The van der Waals surface area contributed by atoms with Crippen molar-refractivity contribution in [2.75, 3.05) is 13.1 Å². The van der Waals surface area contributed by atoms with Crippen molar-refractivity contribution in [1.82, 2.24) is 25.1 Å². The van der Waals surface area contributed by atoms with Crippen molar-refractivity contribution in [2.24, 2.45) is 0 Å². The molecule has 0 unspecified atom stereocenters. The van der Waals surface area contributed by atoms with Crippen molar-refractivity contribution >= 4 is 11.0 Å². The molecular formula is C23H27N5. The highest BCUT2D eigenvalue weighted by Crippen LogP contribution is 2.24. The summed E-state index contributed by atoms with van der Waals surface area (Å²) >= 11 is 0. The average Bonchev–Trinajstić information content (AvgIpc) is 3.34. The molecule has 1 saturated heterocycles. The molecule has 1 aromatic carbocycles. The number of nitrogens with one attached hydrogen (secondary N) is 1. The van der Waals surface area contributed by atoms with E-state index in [0.717, 1.165) is 41.8 Å². The third-order valence-corrected chi connectivity index (χ3v) is 5.39. The number of rotatable bonds is 3. The third kappa shape index (κ3) is 3.65. The molecule has 2 aromatic heterocycles. The van der Waals surface area contributed by atoms with Gasteiger partial charge in [0.25, 0.3) is 0 Å². The Bertz CT molecular complexity index is 1020. The van der Waals surface area contributed by atoms with Crippen LogP contribution in [0, 0.1) is 11.8 Å². The number of benzene rings is 1. The lowest BCUT2D eigenvalue weighted by Crippen LogP contribution is -2.14. The summed E-state index contributed by atoms with van der Waals surface area (Å²) in [5.74, 6) is 7.60. The maximum atomic E-state index is 4.80. The molecule has 0 bridgehead atoms. The van der Waals surface area contributed by atoms with E-state index in [9.17, 15) is 0 Å². The summed E-state index contributed by atoms with van der Waals surface area (Å²) in [7, 11) is 0. The van der Waals surface area contributed by atoms with Crippen molar-refractivity contribution in [3.63, 3.8) is 0 Å². The van der Waals surface area contributed by atoms with E-state index < -0.39 is 0 Å². The molecule has 1 N–H and O–H groups in total. The van der Waals surface area contributed by atoms with E-state index in [2.05, 4.69) is 73.0 Å². The van der Waals surface area contributed by atoms with Crippen LogP contribution in [0.15, 0.2) is 30.7 Å². The van der Waals surface area contributed by atoms with Gasteiger partial charge in [-0.2, -0.15) is 5.10 Å². The molecule has 4 rings (SSSR count). The zero-order valence-electron chi connectivity index (χ0n) is 17.0. The Hall–Kier alpha value is -2.71. The van der Waals surface area contributed by atoms with Crippen LogP contribution in [0.25, 0.3) is 11.0 Å². The second-order valence-corrected chi connectivity index (χ2v) is 8.15.